The Bertz CT molecular complexity index is 1000. The molecule has 1 fully saturated rings. The molecule has 176 valence electrons. The molecule has 3 N–H and O–H groups in total. The summed E-state index contributed by atoms with van der Waals surface area (Å²) in [6.07, 6.45) is 1.52. The second kappa shape index (κ2) is 10.9. The molecule has 0 aromatic heterocycles. The van der Waals surface area contributed by atoms with Crippen LogP contribution in [-0.2, 0) is 16.1 Å². The molecule has 8 nitrogen and oxygen atoms in total. The van der Waals surface area contributed by atoms with Gasteiger partial charge in [0.25, 0.3) is 5.91 Å². The molecule has 9 heteroatoms. The maximum Gasteiger partial charge on any atom is 0.251 e. The molecule has 0 atom stereocenters. The number of carbonyl (C=O) groups excluding carboxylic acids is 3. The van der Waals surface area contributed by atoms with Crippen molar-refractivity contribution in [2.75, 3.05) is 30.8 Å². The molecule has 33 heavy (non-hydrogen) atoms. The Kier molecular flexibility index (Phi) is 8.00. The Hall–Kier alpha value is -3.46. The van der Waals surface area contributed by atoms with Crippen molar-refractivity contribution in [2.24, 2.45) is 0 Å². The molecule has 0 unspecified atom stereocenters. The largest absolute Gasteiger partial charge is 0.494 e. The molecule has 1 heterocycles. The molecule has 0 saturated carbocycles. The van der Waals surface area contributed by atoms with E-state index in [0.29, 0.717) is 23.5 Å². The highest BCUT2D eigenvalue weighted by Gasteiger charge is 2.22. The Morgan fingerprint density at radius 3 is 2.12 bits per heavy atom. The predicted molar refractivity (Wildman–Crippen MR) is 124 cm³/mol. The Balaban J connectivity index is 1.58. The van der Waals surface area contributed by atoms with Gasteiger partial charge in [0.2, 0.25) is 11.8 Å². The average Bonchev–Trinajstić information content (AvgIpc) is 2.74. The summed E-state index contributed by atoms with van der Waals surface area (Å²) >= 11 is 0. The van der Waals surface area contributed by atoms with Gasteiger partial charge < -0.3 is 20.7 Å². The zero-order chi connectivity index (χ0) is 24.0. The highest BCUT2D eigenvalue weighted by Crippen LogP contribution is 2.22. The Morgan fingerprint density at radius 1 is 1.00 bits per heavy atom. The van der Waals surface area contributed by atoms with Crippen molar-refractivity contribution in [1.82, 2.24) is 10.2 Å². The minimum Gasteiger partial charge on any atom is -0.494 e. The lowest BCUT2D eigenvalue weighted by Crippen LogP contribution is -2.44. The molecule has 2 aromatic rings. The van der Waals surface area contributed by atoms with Gasteiger partial charge in [-0.2, -0.15) is 0 Å². The quantitative estimate of drug-likeness (QED) is 0.595. The number of carbonyl (C=O) groups is 3. The second-order valence-electron chi connectivity index (χ2n) is 8.15. The maximum atomic E-state index is 13.9. The number of hydrogen-bond acceptors (Lipinski definition) is 5. The van der Waals surface area contributed by atoms with Crippen LogP contribution in [-0.4, -0.2) is 48.9 Å². The first-order valence-corrected chi connectivity index (χ1v) is 10.8. The fraction of sp³-hybridized carbons (Fsp3) is 0.375. The topological polar surface area (TPSA) is 99.8 Å². The molecular weight excluding hydrogens is 427 g/mol. The van der Waals surface area contributed by atoms with Crippen molar-refractivity contribution < 1.29 is 23.5 Å². The third-order valence-electron chi connectivity index (χ3n) is 5.38. The van der Waals surface area contributed by atoms with Crippen molar-refractivity contribution in [3.63, 3.8) is 0 Å². The van der Waals surface area contributed by atoms with Gasteiger partial charge in [-0.25, -0.2) is 4.39 Å². The number of nitrogens with zero attached hydrogens (tertiary/aromatic N) is 1. The number of rotatable bonds is 7. The number of piperidine rings is 1. The predicted octanol–water partition coefficient (Wildman–Crippen LogP) is 3.15. The summed E-state index contributed by atoms with van der Waals surface area (Å²) < 4.78 is 18.9. The number of anilines is 2. The van der Waals surface area contributed by atoms with E-state index in [1.54, 1.807) is 24.3 Å². The molecule has 3 rings (SSSR count). The molecule has 1 aliphatic heterocycles. The van der Waals surface area contributed by atoms with Crippen LogP contribution in [0.3, 0.4) is 0 Å². The summed E-state index contributed by atoms with van der Waals surface area (Å²) in [4.78, 5) is 37.9. The van der Waals surface area contributed by atoms with Gasteiger partial charge in [0.05, 0.1) is 7.11 Å². The van der Waals surface area contributed by atoms with E-state index in [2.05, 4.69) is 20.9 Å². The molecule has 3 amide bonds. The van der Waals surface area contributed by atoms with Crippen LogP contribution in [0.15, 0.2) is 36.4 Å². The van der Waals surface area contributed by atoms with Crippen LogP contribution in [0.25, 0.3) is 0 Å². The molecule has 0 bridgehead atoms. The number of methoxy groups -OCH3 is 1. The van der Waals surface area contributed by atoms with Gasteiger partial charge in [-0.3, -0.25) is 19.3 Å². The summed E-state index contributed by atoms with van der Waals surface area (Å²) in [5, 5.41) is 8.33. The monoisotopic (exact) mass is 456 g/mol. The van der Waals surface area contributed by atoms with Crippen LogP contribution in [0.5, 0.6) is 5.75 Å². The maximum absolute atomic E-state index is 13.9. The van der Waals surface area contributed by atoms with Crippen LogP contribution < -0.4 is 20.7 Å². The fourth-order valence-corrected chi connectivity index (χ4v) is 3.88. The lowest BCUT2D eigenvalue weighted by atomic mass is 10.0. The number of likely N-dealkylation sites (tertiary alicyclic amines) is 1. The minimum absolute atomic E-state index is 0.00464. The molecule has 0 aliphatic carbocycles. The zero-order valence-corrected chi connectivity index (χ0v) is 19.0. The van der Waals surface area contributed by atoms with Crippen LogP contribution in [0, 0.1) is 5.82 Å². The molecular formula is C24H29FN4O4. The summed E-state index contributed by atoms with van der Waals surface area (Å²) in [6, 6.07) is 9.72. The van der Waals surface area contributed by atoms with Gasteiger partial charge in [0, 0.05) is 56.5 Å². The number of hydrogen-bond donors (Lipinski definition) is 3. The number of halogens is 1. The lowest BCUT2D eigenvalue weighted by Gasteiger charge is -2.32. The van der Waals surface area contributed by atoms with E-state index < -0.39 is 0 Å². The molecule has 2 aromatic carbocycles. The van der Waals surface area contributed by atoms with Gasteiger partial charge in [-0.1, -0.05) is 6.07 Å². The smallest absolute Gasteiger partial charge is 0.251 e. The first kappa shape index (κ1) is 24.2. The highest BCUT2D eigenvalue weighted by molar-refractivity contribution is 6.00. The van der Waals surface area contributed by atoms with Crippen LogP contribution >= 0.6 is 0 Å². The molecule has 1 aliphatic rings. The van der Waals surface area contributed by atoms with Gasteiger partial charge in [0.1, 0.15) is 0 Å². The fourth-order valence-electron chi connectivity index (χ4n) is 3.88. The standard InChI is InChI=1S/C24H29FN4O4/c1-15(30)26-20-11-18(12-21(13-20)27-16(2)31)24(32)28-19-6-8-29(9-7-19)14-17-4-5-23(33-3)22(25)10-17/h4-5,10-13,19H,6-9,14H2,1-3H3,(H,26,30)(H,27,31)(H,28,32). The molecule has 1 saturated heterocycles. The van der Waals surface area contributed by atoms with E-state index >= 15 is 0 Å². The average molecular weight is 457 g/mol. The summed E-state index contributed by atoms with van der Waals surface area (Å²) in [7, 11) is 1.44. The van der Waals surface area contributed by atoms with Crippen molar-refractivity contribution in [3.05, 3.63) is 53.3 Å². The van der Waals surface area contributed by atoms with Crippen LogP contribution in [0.2, 0.25) is 0 Å². The van der Waals surface area contributed by atoms with Gasteiger partial charge in [-0.05, 0) is 48.7 Å². The van der Waals surface area contributed by atoms with Crippen LogP contribution in [0.1, 0.15) is 42.6 Å². The van der Waals surface area contributed by atoms with Crippen molar-refractivity contribution >= 4 is 29.1 Å². The zero-order valence-electron chi connectivity index (χ0n) is 19.0. The Labute approximate surface area is 192 Å². The van der Waals surface area contributed by atoms with E-state index in [0.717, 1.165) is 31.5 Å². The highest BCUT2D eigenvalue weighted by atomic mass is 19.1. The third-order valence-corrected chi connectivity index (χ3v) is 5.38. The SMILES string of the molecule is COc1ccc(CN2CCC(NC(=O)c3cc(NC(C)=O)cc(NC(C)=O)c3)CC2)cc1F. The second-order valence-corrected chi connectivity index (χ2v) is 8.15. The number of ether oxygens (including phenoxy) is 1. The third kappa shape index (κ3) is 7.01. The van der Waals surface area contributed by atoms with Crippen molar-refractivity contribution in [1.29, 1.82) is 0 Å². The number of benzene rings is 2. The van der Waals surface area contributed by atoms with E-state index in [9.17, 15) is 18.8 Å². The van der Waals surface area contributed by atoms with E-state index in [1.165, 1.54) is 27.0 Å². The molecule has 0 spiro atoms. The normalized spacial score (nSPS) is 14.4. The van der Waals surface area contributed by atoms with E-state index in [-0.39, 0.29) is 35.3 Å². The van der Waals surface area contributed by atoms with Gasteiger partial charge >= 0.3 is 0 Å². The number of nitrogens with one attached hydrogen (secondary N) is 3. The first-order valence-electron chi connectivity index (χ1n) is 10.8. The number of amides is 3. The van der Waals surface area contributed by atoms with Crippen molar-refractivity contribution in [3.8, 4) is 5.75 Å². The molecule has 0 radical (unpaired) electrons. The summed E-state index contributed by atoms with van der Waals surface area (Å²) in [5.41, 5.74) is 2.08. The van der Waals surface area contributed by atoms with Crippen LogP contribution in [0.4, 0.5) is 15.8 Å². The lowest BCUT2D eigenvalue weighted by molar-refractivity contribution is -0.115. The minimum atomic E-state index is -0.378. The first-order chi connectivity index (χ1) is 15.7. The van der Waals surface area contributed by atoms with Gasteiger partial charge in [-0.15, -0.1) is 0 Å². The Morgan fingerprint density at radius 2 is 1.61 bits per heavy atom. The van der Waals surface area contributed by atoms with Crippen molar-refractivity contribution in [2.45, 2.75) is 39.3 Å². The summed E-state index contributed by atoms with van der Waals surface area (Å²) in [5.74, 6) is -0.970. The van der Waals surface area contributed by atoms with E-state index in [1.807, 2.05) is 6.07 Å². The summed E-state index contributed by atoms with van der Waals surface area (Å²) in [6.45, 7) is 4.90. The van der Waals surface area contributed by atoms with E-state index in [4.69, 9.17) is 4.74 Å². The van der Waals surface area contributed by atoms with Gasteiger partial charge in [0.15, 0.2) is 11.6 Å².